The van der Waals surface area contributed by atoms with Gasteiger partial charge in [-0.25, -0.2) is 4.79 Å². The maximum atomic E-state index is 12.1. The zero-order chi connectivity index (χ0) is 18.1. The molecule has 4 rings (SSSR count). The van der Waals surface area contributed by atoms with Gasteiger partial charge >= 0.3 is 5.76 Å². The maximum absolute atomic E-state index is 12.1. The largest absolute Gasteiger partial charge is 0.419 e. The summed E-state index contributed by atoms with van der Waals surface area (Å²) >= 11 is 0. The van der Waals surface area contributed by atoms with Gasteiger partial charge in [-0.15, -0.1) is 0 Å². The lowest BCUT2D eigenvalue weighted by Gasteiger charge is -2.27. The van der Waals surface area contributed by atoms with Crippen molar-refractivity contribution in [1.82, 2.24) is 19.6 Å². The average molecular weight is 356 g/mol. The van der Waals surface area contributed by atoms with E-state index in [2.05, 4.69) is 22.1 Å². The van der Waals surface area contributed by atoms with Crippen molar-refractivity contribution in [3.63, 3.8) is 0 Å². The van der Waals surface area contributed by atoms with Crippen molar-refractivity contribution in [2.75, 3.05) is 20.1 Å². The summed E-state index contributed by atoms with van der Waals surface area (Å²) in [5.74, 6) is 1.62. The minimum atomic E-state index is -0.350. The molecule has 3 heterocycles. The molecule has 0 N–H and O–H groups in total. The molecule has 1 aliphatic heterocycles. The molecular weight excluding hydrogens is 332 g/mol. The van der Waals surface area contributed by atoms with Gasteiger partial charge in [0.15, 0.2) is 11.4 Å². The number of fused-ring (bicyclic) bond motifs is 1. The van der Waals surface area contributed by atoms with E-state index in [1.807, 2.05) is 25.1 Å². The molecule has 0 radical (unpaired) electrons. The second-order valence-corrected chi connectivity index (χ2v) is 7.30. The van der Waals surface area contributed by atoms with Crippen LogP contribution in [-0.2, 0) is 19.4 Å². The molecule has 1 aromatic carbocycles. The standard InChI is InChI=1S/C19H24N4O3/c1-13-3-4-16-15(11-13)23(19(24)25-16)10-7-18-20-17(21-26-18)12-14-5-8-22(2)9-6-14/h3-4,11,14H,5-10,12H2,1-2H3. The molecule has 138 valence electrons. The first-order valence-electron chi connectivity index (χ1n) is 9.18. The van der Waals surface area contributed by atoms with Crippen molar-refractivity contribution >= 4 is 11.1 Å². The summed E-state index contributed by atoms with van der Waals surface area (Å²) in [5.41, 5.74) is 2.50. The summed E-state index contributed by atoms with van der Waals surface area (Å²) < 4.78 is 12.3. The summed E-state index contributed by atoms with van der Waals surface area (Å²) in [7, 11) is 2.16. The second-order valence-electron chi connectivity index (χ2n) is 7.30. The van der Waals surface area contributed by atoms with Crippen LogP contribution in [0.5, 0.6) is 0 Å². The number of oxazole rings is 1. The number of hydrogen-bond acceptors (Lipinski definition) is 6. The summed E-state index contributed by atoms with van der Waals surface area (Å²) in [6, 6.07) is 5.72. The van der Waals surface area contributed by atoms with Crippen LogP contribution in [0.3, 0.4) is 0 Å². The Balaban J connectivity index is 1.41. The van der Waals surface area contributed by atoms with Crippen LogP contribution < -0.4 is 5.76 Å². The summed E-state index contributed by atoms with van der Waals surface area (Å²) in [6.07, 6.45) is 3.74. The highest BCUT2D eigenvalue weighted by Gasteiger charge is 2.19. The zero-order valence-corrected chi connectivity index (χ0v) is 15.3. The lowest BCUT2D eigenvalue weighted by molar-refractivity contribution is 0.216. The van der Waals surface area contributed by atoms with Gasteiger partial charge in [-0.1, -0.05) is 11.2 Å². The number of piperidine rings is 1. The Hall–Kier alpha value is -2.41. The number of aryl methyl sites for hydroxylation is 3. The van der Waals surface area contributed by atoms with E-state index in [1.54, 1.807) is 4.57 Å². The van der Waals surface area contributed by atoms with E-state index in [1.165, 1.54) is 12.8 Å². The Morgan fingerprint density at radius 3 is 2.88 bits per heavy atom. The highest BCUT2D eigenvalue weighted by atomic mass is 16.5. The third kappa shape index (κ3) is 3.58. The van der Waals surface area contributed by atoms with Gasteiger partial charge in [0.2, 0.25) is 5.89 Å². The van der Waals surface area contributed by atoms with Crippen molar-refractivity contribution in [2.45, 2.75) is 39.2 Å². The SMILES string of the molecule is Cc1ccc2oc(=O)n(CCc3nc(CC4CCN(C)CC4)no3)c2c1. The van der Waals surface area contributed by atoms with Gasteiger partial charge in [-0.05, 0) is 63.5 Å². The minimum Gasteiger partial charge on any atom is -0.408 e. The molecule has 0 aliphatic carbocycles. The fraction of sp³-hybridized carbons (Fsp3) is 0.526. The molecule has 0 atom stereocenters. The molecule has 1 saturated heterocycles. The highest BCUT2D eigenvalue weighted by molar-refractivity contribution is 5.73. The molecule has 0 spiro atoms. The molecule has 0 saturated carbocycles. The van der Waals surface area contributed by atoms with Gasteiger partial charge in [0.1, 0.15) is 0 Å². The summed E-state index contributed by atoms with van der Waals surface area (Å²) in [6.45, 7) is 4.72. The monoisotopic (exact) mass is 356 g/mol. The normalized spacial score (nSPS) is 16.5. The van der Waals surface area contributed by atoms with Crippen LogP contribution in [0.15, 0.2) is 31.9 Å². The van der Waals surface area contributed by atoms with Crippen LogP contribution in [0.1, 0.15) is 30.1 Å². The van der Waals surface area contributed by atoms with Crippen LogP contribution >= 0.6 is 0 Å². The first-order valence-corrected chi connectivity index (χ1v) is 9.18. The average Bonchev–Trinajstić information content (AvgIpc) is 3.18. The molecule has 7 heteroatoms. The van der Waals surface area contributed by atoms with Crippen LogP contribution in [0.25, 0.3) is 11.1 Å². The van der Waals surface area contributed by atoms with E-state index < -0.39 is 0 Å². The van der Waals surface area contributed by atoms with Gasteiger partial charge in [0, 0.05) is 19.4 Å². The summed E-state index contributed by atoms with van der Waals surface area (Å²) in [5, 5.41) is 4.12. The Kier molecular flexibility index (Phi) is 4.63. The molecule has 7 nitrogen and oxygen atoms in total. The molecule has 0 bridgehead atoms. The predicted octanol–water partition coefficient (Wildman–Crippen LogP) is 2.41. The van der Waals surface area contributed by atoms with E-state index >= 15 is 0 Å². The topological polar surface area (TPSA) is 77.3 Å². The highest BCUT2D eigenvalue weighted by Crippen LogP contribution is 2.20. The fourth-order valence-electron chi connectivity index (χ4n) is 3.59. The van der Waals surface area contributed by atoms with E-state index in [-0.39, 0.29) is 5.76 Å². The van der Waals surface area contributed by atoms with Crippen molar-refractivity contribution in [3.05, 3.63) is 46.0 Å². The van der Waals surface area contributed by atoms with E-state index in [4.69, 9.17) is 8.94 Å². The van der Waals surface area contributed by atoms with Crippen molar-refractivity contribution in [3.8, 4) is 0 Å². The fourth-order valence-corrected chi connectivity index (χ4v) is 3.59. The van der Waals surface area contributed by atoms with Crippen LogP contribution in [0.2, 0.25) is 0 Å². The van der Waals surface area contributed by atoms with Crippen LogP contribution in [-0.4, -0.2) is 39.7 Å². The maximum Gasteiger partial charge on any atom is 0.419 e. The van der Waals surface area contributed by atoms with Gasteiger partial charge in [0.05, 0.1) is 5.52 Å². The Labute approximate surface area is 151 Å². The number of hydrogen-bond donors (Lipinski definition) is 0. The van der Waals surface area contributed by atoms with Gasteiger partial charge < -0.3 is 13.8 Å². The number of benzene rings is 1. The lowest BCUT2D eigenvalue weighted by Crippen LogP contribution is -2.31. The second kappa shape index (κ2) is 7.07. The number of nitrogens with zero attached hydrogens (tertiary/aromatic N) is 4. The molecular formula is C19H24N4O3. The van der Waals surface area contributed by atoms with Crippen molar-refractivity contribution in [1.29, 1.82) is 0 Å². The van der Waals surface area contributed by atoms with Crippen LogP contribution in [0, 0.1) is 12.8 Å². The van der Waals surface area contributed by atoms with Crippen molar-refractivity contribution in [2.24, 2.45) is 5.92 Å². The molecule has 3 aromatic rings. The Bertz CT molecular complexity index is 947. The molecule has 2 aromatic heterocycles. The summed E-state index contributed by atoms with van der Waals surface area (Å²) in [4.78, 5) is 19.0. The third-order valence-electron chi connectivity index (χ3n) is 5.19. The van der Waals surface area contributed by atoms with Gasteiger partial charge in [-0.2, -0.15) is 4.98 Å². The number of likely N-dealkylation sites (tertiary alicyclic amines) is 1. The van der Waals surface area contributed by atoms with Gasteiger partial charge in [-0.3, -0.25) is 4.57 Å². The molecule has 1 aliphatic rings. The quantitative estimate of drug-likeness (QED) is 0.699. The first kappa shape index (κ1) is 17.0. The molecule has 0 amide bonds. The Morgan fingerprint density at radius 1 is 1.27 bits per heavy atom. The number of rotatable bonds is 5. The van der Waals surface area contributed by atoms with E-state index in [0.29, 0.717) is 30.4 Å². The van der Waals surface area contributed by atoms with Gasteiger partial charge in [0.25, 0.3) is 0 Å². The van der Waals surface area contributed by atoms with Crippen molar-refractivity contribution < 1.29 is 8.94 Å². The molecule has 1 fully saturated rings. The number of aromatic nitrogens is 3. The van der Waals surface area contributed by atoms with Crippen LogP contribution in [0.4, 0.5) is 0 Å². The predicted molar refractivity (Wildman–Crippen MR) is 97.1 cm³/mol. The smallest absolute Gasteiger partial charge is 0.408 e. The minimum absolute atomic E-state index is 0.350. The van der Waals surface area contributed by atoms with E-state index in [9.17, 15) is 4.79 Å². The third-order valence-corrected chi connectivity index (χ3v) is 5.19. The lowest BCUT2D eigenvalue weighted by atomic mass is 9.94. The first-order chi connectivity index (χ1) is 12.6. The zero-order valence-electron chi connectivity index (χ0n) is 15.3. The Morgan fingerprint density at radius 2 is 2.08 bits per heavy atom. The molecule has 0 unspecified atom stereocenters. The molecule has 26 heavy (non-hydrogen) atoms. The van der Waals surface area contributed by atoms with E-state index in [0.717, 1.165) is 36.4 Å².